The smallest absolute Gasteiger partial charge is 0.248 e. The molecule has 2 heteroatoms. The Morgan fingerprint density at radius 3 is 2.28 bits per heavy atom. The van der Waals surface area contributed by atoms with Gasteiger partial charge in [0, 0.05) is 5.56 Å². The number of benzene rings is 1. The molecule has 0 atom stereocenters. The summed E-state index contributed by atoms with van der Waals surface area (Å²) in [5.74, 6) is -0.312. The van der Waals surface area contributed by atoms with E-state index in [2.05, 4.69) is 6.92 Å². The van der Waals surface area contributed by atoms with E-state index in [1.54, 1.807) is 0 Å². The number of nitrogens with two attached hydrogens (primary N) is 1. The van der Waals surface area contributed by atoms with E-state index in [0.717, 1.165) is 18.4 Å². The number of carbonyl (C=O) groups is 1. The van der Waals surface area contributed by atoms with Crippen molar-refractivity contribution in [1.82, 2.24) is 0 Å². The fourth-order valence-corrected chi connectivity index (χ4v) is 2.25. The second-order valence-electron chi connectivity index (χ2n) is 4.89. The van der Waals surface area contributed by atoms with Gasteiger partial charge in [-0.1, -0.05) is 63.6 Å². The van der Waals surface area contributed by atoms with E-state index < -0.39 is 0 Å². The lowest BCUT2D eigenvalue weighted by atomic mass is 10.00. The molecule has 1 rings (SSSR count). The molecule has 2 nitrogen and oxygen atoms in total. The first kappa shape index (κ1) is 14.7. The zero-order chi connectivity index (χ0) is 13.2. The van der Waals surface area contributed by atoms with Gasteiger partial charge >= 0.3 is 0 Å². The van der Waals surface area contributed by atoms with Crippen LogP contribution in [0, 0.1) is 0 Å². The van der Waals surface area contributed by atoms with Crippen molar-refractivity contribution >= 4 is 5.91 Å². The van der Waals surface area contributed by atoms with E-state index in [4.69, 9.17) is 5.73 Å². The van der Waals surface area contributed by atoms with Crippen LogP contribution >= 0.6 is 0 Å². The van der Waals surface area contributed by atoms with Crippen LogP contribution in [0.5, 0.6) is 0 Å². The Hall–Kier alpha value is -1.31. The molecule has 100 valence electrons. The summed E-state index contributed by atoms with van der Waals surface area (Å²) in [7, 11) is 0. The molecule has 0 spiro atoms. The molecule has 0 unspecified atom stereocenters. The Balaban J connectivity index is 2.25. The van der Waals surface area contributed by atoms with Crippen LogP contribution in [0.2, 0.25) is 0 Å². The Morgan fingerprint density at radius 2 is 1.61 bits per heavy atom. The molecule has 2 N–H and O–H groups in total. The molecule has 0 bridgehead atoms. The number of amides is 1. The predicted molar refractivity (Wildman–Crippen MR) is 76.7 cm³/mol. The fourth-order valence-electron chi connectivity index (χ4n) is 2.25. The van der Waals surface area contributed by atoms with E-state index >= 15 is 0 Å². The van der Waals surface area contributed by atoms with Crippen LogP contribution in [0.1, 0.15) is 67.8 Å². The van der Waals surface area contributed by atoms with Crippen molar-refractivity contribution < 1.29 is 4.79 Å². The monoisotopic (exact) mass is 247 g/mol. The standard InChI is InChI=1S/C16H25NO/c1-2-3-4-5-6-7-8-11-14-12-9-10-13-15(14)16(17)18/h9-10,12-13H,2-8,11H2,1H3,(H2,17,18). The Bertz CT molecular complexity index is 360. The van der Waals surface area contributed by atoms with Gasteiger partial charge in [0.25, 0.3) is 0 Å². The van der Waals surface area contributed by atoms with Gasteiger partial charge in [-0.05, 0) is 24.5 Å². The summed E-state index contributed by atoms with van der Waals surface area (Å²) in [6.07, 6.45) is 10.0. The third-order valence-corrected chi connectivity index (χ3v) is 3.33. The van der Waals surface area contributed by atoms with E-state index in [9.17, 15) is 4.79 Å². The lowest BCUT2D eigenvalue weighted by molar-refractivity contribution is 0.0999. The fraction of sp³-hybridized carbons (Fsp3) is 0.562. The van der Waals surface area contributed by atoms with E-state index in [1.807, 2.05) is 24.3 Å². The van der Waals surface area contributed by atoms with Crippen molar-refractivity contribution in [2.24, 2.45) is 5.73 Å². The van der Waals surface area contributed by atoms with Gasteiger partial charge in [-0.15, -0.1) is 0 Å². The highest BCUT2D eigenvalue weighted by atomic mass is 16.1. The quantitative estimate of drug-likeness (QED) is 0.656. The molecule has 1 aromatic rings. The Kier molecular flexibility index (Phi) is 7.16. The van der Waals surface area contributed by atoms with Gasteiger partial charge in [0.15, 0.2) is 0 Å². The van der Waals surface area contributed by atoms with Crippen molar-refractivity contribution in [2.75, 3.05) is 0 Å². The van der Waals surface area contributed by atoms with Crippen molar-refractivity contribution in [3.05, 3.63) is 35.4 Å². The zero-order valence-corrected chi connectivity index (χ0v) is 11.5. The van der Waals surface area contributed by atoms with Crippen LogP contribution in [0.25, 0.3) is 0 Å². The van der Waals surface area contributed by atoms with Gasteiger partial charge in [-0.3, -0.25) is 4.79 Å². The van der Waals surface area contributed by atoms with Gasteiger partial charge in [-0.2, -0.15) is 0 Å². The molecule has 18 heavy (non-hydrogen) atoms. The largest absolute Gasteiger partial charge is 0.366 e. The van der Waals surface area contributed by atoms with Gasteiger partial charge in [0.2, 0.25) is 5.91 Å². The molecular weight excluding hydrogens is 222 g/mol. The summed E-state index contributed by atoms with van der Waals surface area (Å²) in [6, 6.07) is 7.67. The van der Waals surface area contributed by atoms with Crippen LogP contribution < -0.4 is 5.73 Å². The second kappa shape index (κ2) is 8.73. The molecule has 0 heterocycles. The van der Waals surface area contributed by atoms with E-state index in [1.165, 1.54) is 38.5 Å². The number of primary amides is 1. The summed E-state index contributed by atoms with van der Waals surface area (Å²) in [4.78, 5) is 11.3. The number of hydrogen-bond acceptors (Lipinski definition) is 1. The minimum atomic E-state index is -0.312. The highest BCUT2D eigenvalue weighted by Gasteiger charge is 2.06. The average Bonchev–Trinajstić information content (AvgIpc) is 2.38. The molecule has 0 aliphatic carbocycles. The minimum absolute atomic E-state index is 0.312. The summed E-state index contributed by atoms with van der Waals surface area (Å²) in [6.45, 7) is 2.24. The number of rotatable bonds is 9. The first-order valence-corrected chi connectivity index (χ1v) is 7.13. The van der Waals surface area contributed by atoms with Crippen molar-refractivity contribution in [3.8, 4) is 0 Å². The SMILES string of the molecule is CCCCCCCCCc1ccccc1C(N)=O. The molecule has 0 aliphatic heterocycles. The van der Waals surface area contributed by atoms with Crippen LogP contribution in [-0.4, -0.2) is 5.91 Å². The normalized spacial score (nSPS) is 10.5. The zero-order valence-electron chi connectivity index (χ0n) is 11.5. The van der Waals surface area contributed by atoms with E-state index in [-0.39, 0.29) is 5.91 Å². The lowest BCUT2D eigenvalue weighted by Crippen LogP contribution is -2.13. The minimum Gasteiger partial charge on any atom is -0.366 e. The highest BCUT2D eigenvalue weighted by Crippen LogP contribution is 2.14. The summed E-state index contributed by atoms with van der Waals surface area (Å²) in [5.41, 5.74) is 7.14. The summed E-state index contributed by atoms with van der Waals surface area (Å²) >= 11 is 0. The molecular formula is C16H25NO. The van der Waals surface area contributed by atoms with Crippen LogP contribution in [0.15, 0.2) is 24.3 Å². The third-order valence-electron chi connectivity index (χ3n) is 3.33. The first-order chi connectivity index (χ1) is 8.75. The molecule has 1 aromatic carbocycles. The molecule has 1 amide bonds. The topological polar surface area (TPSA) is 43.1 Å². The van der Waals surface area contributed by atoms with Crippen molar-refractivity contribution in [1.29, 1.82) is 0 Å². The number of hydrogen-bond donors (Lipinski definition) is 1. The third kappa shape index (κ3) is 5.35. The Labute approximate surface area is 111 Å². The van der Waals surface area contributed by atoms with Crippen LogP contribution in [-0.2, 0) is 6.42 Å². The molecule has 0 radical (unpaired) electrons. The van der Waals surface area contributed by atoms with Gasteiger partial charge in [0.1, 0.15) is 0 Å². The molecule has 0 aromatic heterocycles. The maximum absolute atomic E-state index is 11.3. The molecule has 0 fully saturated rings. The molecule has 0 aliphatic rings. The average molecular weight is 247 g/mol. The van der Waals surface area contributed by atoms with Crippen LogP contribution in [0.3, 0.4) is 0 Å². The van der Waals surface area contributed by atoms with E-state index in [0.29, 0.717) is 5.56 Å². The summed E-state index contributed by atoms with van der Waals surface area (Å²) in [5, 5.41) is 0. The van der Waals surface area contributed by atoms with Crippen molar-refractivity contribution in [3.63, 3.8) is 0 Å². The first-order valence-electron chi connectivity index (χ1n) is 7.13. The molecule has 0 saturated carbocycles. The predicted octanol–water partition coefficient (Wildman–Crippen LogP) is 4.08. The summed E-state index contributed by atoms with van der Waals surface area (Å²) < 4.78 is 0. The number of aryl methyl sites for hydroxylation is 1. The number of unbranched alkanes of at least 4 members (excludes halogenated alkanes) is 6. The highest BCUT2D eigenvalue weighted by molar-refractivity contribution is 5.94. The van der Waals surface area contributed by atoms with Crippen molar-refractivity contribution in [2.45, 2.75) is 58.3 Å². The van der Waals surface area contributed by atoms with Gasteiger partial charge in [0.05, 0.1) is 0 Å². The second-order valence-corrected chi connectivity index (χ2v) is 4.89. The maximum atomic E-state index is 11.3. The molecule has 0 saturated heterocycles. The van der Waals surface area contributed by atoms with Gasteiger partial charge in [-0.25, -0.2) is 0 Å². The van der Waals surface area contributed by atoms with Gasteiger partial charge < -0.3 is 5.73 Å². The van der Waals surface area contributed by atoms with Crippen LogP contribution in [0.4, 0.5) is 0 Å². The lowest BCUT2D eigenvalue weighted by Gasteiger charge is -2.06. The number of carbonyl (C=O) groups excluding carboxylic acids is 1. The Morgan fingerprint density at radius 1 is 1.00 bits per heavy atom. The maximum Gasteiger partial charge on any atom is 0.248 e.